The van der Waals surface area contributed by atoms with Gasteiger partial charge in [0, 0.05) is 0 Å². The van der Waals surface area contributed by atoms with Crippen LogP contribution in [0, 0.1) is 0 Å². The molecule has 2 heterocycles. The molecule has 0 amide bonds. The fourth-order valence-electron chi connectivity index (χ4n) is 2.31. The van der Waals surface area contributed by atoms with Crippen LogP contribution in [0.4, 0.5) is 18.9 Å². The number of ether oxygens (including phenoxy) is 3. The Morgan fingerprint density at radius 3 is 2.62 bits per heavy atom. The zero-order valence-electron chi connectivity index (χ0n) is 12.8. The summed E-state index contributed by atoms with van der Waals surface area (Å²) in [5, 5.41) is 3.09. The number of aromatic nitrogens is 2. The van der Waals surface area contributed by atoms with Crippen molar-refractivity contribution in [2.45, 2.75) is 12.2 Å². The third kappa shape index (κ3) is 3.01. The first-order chi connectivity index (χ1) is 11.4. The highest BCUT2D eigenvalue weighted by molar-refractivity contribution is 5.60. The molecule has 0 saturated heterocycles. The lowest BCUT2D eigenvalue weighted by Gasteiger charge is -2.27. The molecule has 0 fully saturated rings. The van der Waals surface area contributed by atoms with Gasteiger partial charge in [-0.25, -0.2) is 9.97 Å². The van der Waals surface area contributed by atoms with Crippen molar-refractivity contribution in [1.82, 2.24) is 9.97 Å². The second kappa shape index (κ2) is 6.06. The van der Waals surface area contributed by atoms with Gasteiger partial charge in [-0.3, -0.25) is 0 Å². The number of nitrogens with zero attached hydrogens (tertiary/aromatic N) is 2. The maximum Gasteiger partial charge on any atom is 0.416 e. The van der Waals surface area contributed by atoms with Crippen molar-refractivity contribution in [1.29, 1.82) is 0 Å². The van der Waals surface area contributed by atoms with E-state index in [1.165, 1.54) is 26.5 Å². The molecule has 0 spiro atoms. The van der Waals surface area contributed by atoms with E-state index in [1.807, 2.05) is 0 Å². The van der Waals surface area contributed by atoms with Crippen LogP contribution in [-0.2, 0) is 6.18 Å². The lowest BCUT2D eigenvalue weighted by atomic mass is 10.1. The van der Waals surface area contributed by atoms with Crippen LogP contribution >= 0.6 is 0 Å². The molecule has 1 N–H and O–H groups in total. The summed E-state index contributed by atoms with van der Waals surface area (Å²) in [4.78, 5) is 8.37. The van der Waals surface area contributed by atoms with E-state index in [0.29, 0.717) is 11.4 Å². The Bertz CT molecular complexity index is 752. The molecule has 9 heteroatoms. The number of nitrogens with one attached hydrogen (secondary N) is 1. The van der Waals surface area contributed by atoms with Gasteiger partial charge < -0.3 is 19.5 Å². The number of alkyl halides is 3. The van der Waals surface area contributed by atoms with Gasteiger partial charge in [-0.1, -0.05) is 0 Å². The summed E-state index contributed by atoms with van der Waals surface area (Å²) in [6.07, 6.45) is -2.92. The van der Waals surface area contributed by atoms with Crippen LogP contribution in [0.3, 0.4) is 0 Å². The highest BCUT2D eigenvalue weighted by atomic mass is 19.4. The highest BCUT2D eigenvalue weighted by Crippen LogP contribution is 2.39. The Hall–Kier alpha value is -2.71. The molecule has 1 atom stereocenters. The topological polar surface area (TPSA) is 65.5 Å². The predicted octanol–water partition coefficient (Wildman–Crippen LogP) is 3.06. The van der Waals surface area contributed by atoms with Gasteiger partial charge in [0.1, 0.15) is 18.4 Å². The molecule has 2 aromatic rings. The lowest BCUT2D eigenvalue weighted by molar-refractivity contribution is -0.137. The molecule has 128 valence electrons. The normalized spacial score (nSPS) is 16.6. The Morgan fingerprint density at radius 2 is 1.96 bits per heavy atom. The van der Waals surface area contributed by atoms with Crippen LogP contribution in [0.5, 0.6) is 17.5 Å². The van der Waals surface area contributed by atoms with Crippen molar-refractivity contribution in [3.05, 3.63) is 35.7 Å². The van der Waals surface area contributed by atoms with Gasteiger partial charge in [-0.2, -0.15) is 13.2 Å². The van der Waals surface area contributed by atoms with E-state index in [1.54, 1.807) is 0 Å². The number of benzene rings is 1. The third-order valence-corrected chi connectivity index (χ3v) is 3.52. The van der Waals surface area contributed by atoms with Gasteiger partial charge in [0.2, 0.25) is 0 Å². The fourth-order valence-corrected chi connectivity index (χ4v) is 2.31. The Morgan fingerprint density at radius 1 is 1.21 bits per heavy atom. The number of halogens is 3. The summed E-state index contributed by atoms with van der Waals surface area (Å²) in [6.45, 7) is 0.110. The van der Waals surface area contributed by atoms with E-state index in [2.05, 4.69) is 15.3 Å². The van der Waals surface area contributed by atoms with E-state index in [-0.39, 0.29) is 30.2 Å². The van der Waals surface area contributed by atoms with Crippen LogP contribution in [0.15, 0.2) is 24.4 Å². The molecule has 3 rings (SSSR count). The van der Waals surface area contributed by atoms with E-state index in [4.69, 9.17) is 14.2 Å². The van der Waals surface area contributed by atoms with Crippen LogP contribution in [0.2, 0.25) is 0 Å². The van der Waals surface area contributed by atoms with E-state index < -0.39 is 11.7 Å². The number of hydrogen-bond donors (Lipinski definition) is 1. The molecule has 1 aromatic heterocycles. The molecule has 0 saturated carbocycles. The maximum atomic E-state index is 12.7. The number of hydrogen-bond acceptors (Lipinski definition) is 6. The molecule has 0 bridgehead atoms. The molecule has 1 aliphatic rings. The van der Waals surface area contributed by atoms with Gasteiger partial charge in [0.15, 0.2) is 0 Å². The summed E-state index contributed by atoms with van der Waals surface area (Å²) >= 11 is 0. The van der Waals surface area contributed by atoms with E-state index >= 15 is 0 Å². The third-order valence-electron chi connectivity index (χ3n) is 3.52. The summed E-state index contributed by atoms with van der Waals surface area (Å²) in [5.74, 6) is 0.609. The van der Waals surface area contributed by atoms with E-state index in [9.17, 15) is 13.2 Å². The second-order valence-corrected chi connectivity index (χ2v) is 5.03. The monoisotopic (exact) mass is 341 g/mol. The van der Waals surface area contributed by atoms with Crippen molar-refractivity contribution in [2.24, 2.45) is 0 Å². The van der Waals surface area contributed by atoms with Gasteiger partial charge >= 0.3 is 6.18 Å². The number of rotatable bonds is 3. The van der Waals surface area contributed by atoms with Gasteiger partial charge in [0.05, 0.1) is 37.4 Å². The Labute approximate surface area is 135 Å². The molecular formula is C15H14F3N3O3. The summed E-state index contributed by atoms with van der Waals surface area (Å²) in [6, 6.07) is 2.93. The molecule has 0 aliphatic carbocycles. The average Bonchev–Trinajstić information content (AvgIpc) is 2.59. The minimum atomic E-state index is -4.41. The van der Waals surface area contributed by atoms with Crippen molar-refractivity contribution < 1.29 is 27.4 Å². The van der Waals surface area contributed by atoms with Gasteiger partial charge in [-0.15, -0.1) is 0 Å². The zero-order chi connectivity index (χ0) is 17.3. The standard InChI is InChI=1S/C15H14F3N3O3/c1-22-13-14(23-2)21-10(6-19-13)11-7-24-12-5-8(15(16,17)18)3-4-9(12)20-11/h3-6,11,20H,7H2,1-2H3. The van der Waals surface area contributed by atoms with Crippen molar-refractivity contribution in [2.75, 3.05) is 26.1 Å². The van der Waals surface area contributed by atoms with Gasteiger partial charge in [0.25, 0.3) is 11.8 Å². The molecule has 24 heavy (non-hydrogen) atoms. The van der Waals surface area contributed by atoms with Gasteiger partial charge in [-0.05, 0) is 18.2 Å². The smallest absolute Gasteiger partial charge is 0.416 e. The maximum absolute atomic E-state index is 12.7. The van der Waals surface area contributed by atoms with Crippen molar-refractivity contribution in [3.8, 4) is 17.5 Å². The average molecular weight is 341 g/mol. The predicted molar refractivity (Wildman–Crippen MR) is 78.4 cm³/mol. The number of fused-ring (bicyclic) bond motifs is 1. The Balaban J connectivity index is 1.85. The largest absolute Gasteiger partial charge is 0.489 e. The highest BCUT2D eigenvalue weighted by Gasteiger charge is 2.32. The number of methoxy groups -OCH3 is 2. The molecule has 1 aromatic carbocycles. The molecule has 1 aliphatic heterocycles. The summed E-state index contributed by atoms with van der Waals surface area (Å²) in [5.41, 5.74) is 0.224. The molecule has 1 unspecified atom stereocenters. The molecule has 0 radical (unpaired) electrons. The van der Waals surface area contributed by atoms with Crippen LogP contribution in [0.25, 0.3) is 0 Å². The minimum Gasteiger partial charge on any atom is -0.489 e. The number of anilines is 1. The summed E-state index contributed by atoms with van der Waals surface area (Å²) in [7, 11) is 2.89. The SMILES string of the molecule is COc1ncc(C2COc3cc(C(F)(F)F)ccc3N2)nc1OC. The van der Waals surface area contributed by atoms with E-state index in [0.717, 1.165) is 12.1 Å². The van der Waals surface area contributed by atoms with Crippen molar-refractivity contribution >= 4 is 5.69 Å². The quantitative estimate of drug-likeness (QED) is 0.926. The molecular weight excluding hydrogens is 327 g/mol. The first kappa shape index (κ1) is 16.2. The Kier molecular flexibility index (Phi) is 4.08. The van der Waals surface area contributed by atoms with Crippen LogP contribution in [-0.4, -0.2) is 30.8 Å². The molecule has 6 nitrogen and oxygen atoms in total. The first-order valence-corrected chi connectivity index (χ1v) is 6.98. The van der Waals surface area contributed by atoms with Crippen molar-refractivity contribution in [3.63, 3.8) is 0 Å². The van der Waals surface area contributed by atoms with Crippen LogP contribution < -0.4 is 19.5 Å². The first-order valence-electron chi connectivity index (χ1n) is 6.98. The summed E-state index contributed by atoms with van der Waals surface area (Å²) < 4.78 is 53.8. The fraction of sp³-hybridized carbons (Fsp3) is 0.333. The lowest BCUT2D eigenvalue weighted by Crippen LogP contribution is -2.25. The second-order valence-electron chi connectivity index (χ2n) is 5.03. The zero-order valence-corrected chi connectivity index (χ0v) is 12.8. The van der Waals surface area contributed by atoms with Crippen LogP contribution in [0.1, 0.15) is 17.3 Å². The minimum absolute atomic E-state index is 0.110.